The van der Waals surface area contributed by atoms with Crippen molar-refractivity contribution in [2.75, 3.05) is 26.2 Å². The molecule has 3 amide bonds. The molecule has 1 aromatic heterocycles. The van der Waals surface area contributed by atoms with Crippen molar-refractivity contribution < 1.29 is 18.0 Å². The summed E-state index contributed by atoms with van der Waals surface area (Å²) in [6.45, 7) is 1.28. The van der Waals surface area contributed by atoms with Crippen LogP contribution in [-0.4, -0.2) is 55.7 Å². The number of carbonyl (C=O) groups is 2. The van der Waals surface area contributed by atoms with Gasteiger partial charge in [-0.3, -0.25) is 9.69 Å². The number of hydrogen-bond donors (Lipinski definition) is 1. The van der Waals surface area contributed by atoms with Gasteiger partial charge in [-0.2, -0.15) is 4.31 Å². The van der Waals surface area contributed by atoms with E-state index >= 15 is 0 Å². The van der Waals surface area contributed by atoms with E-state index in [9.17, 15) is 18.0 Å². The fourth-order valence-electron chi connectivity index (χ4n) is 2.77. The van der Waals surface area contributed by atoms with Gasteiger partial charge in [-0.15, -0.1) is 11.3 Å². The lowest BCUT2D eigenvalue weighted by Crippen LogP contribution is -2.42. The van der Waals surface area contributed by atoms with Crippen LogP contribution in [0.1, 0.15) is 12.8 Å². The largest absolute Gasteiger partial charge is 0.329 e. The van der Waals surface area contributed by atoms with Crippen LogP contribution in [-0.2, 0) is 14.8 Å². The first-order valence-electron chi connectivity index (χ1n) is 7.10. The Morgan fingerprint density at radius 3 is 2.55 bits per heavy atom. The number of amides is 3. The maximum atomic E-state index is 12.4. The summed E-state index contributed by atoms with van der Waals surface area (Å²) in [5.41, 5.74) is 0. The van der Waals surface area contributed by atoms with Gasteiger partial charge in [-0.05, 0) is 30.2 Å². The number of hydrogen-bond acceptors (Lipinski definition) is 5. The Bertz CT molecular complexity index is 647. The van der Waals surface area contributed by atoms with E-state index in [0.717, 1.165) is 0 Å². The average Bonchev–Trinajstić information content (AvgIpc) is 3.14. The number of rotatable bonds is 4. The maximum Gasteiger partial charge on any atom is 0.324 e. The van der Waals surface area contributed by atoms with Crippen LogP contribution in [0.15, 0.2) is 21.7 Å². The highest BCUT2D eigenvalue weighted by atomic mass is 32.2. The molecule has 22 heavy (non-hydrogen) atoms. The number of piperidine rings is 1. The number of urea groups is 1. The number of imide groups is 1. The van der Waals surface area contributed by atoms with Gasteiger partial charge in [0.1, 0.15) is 4.21 Å². The summed E-state index contributed by atoms with van der Waals surface area (Å²) in [4.78, 5) is 24.3. The minimum Gasteiger partial charge on any atom is -0.329 e. The summed E-state index contributed by atoms with van der Waals surface area (Å²) < 4.78 is 26.7. The molecule has 3 heterocycles. The Morgan fingerprint density at radius 2 is 2.00 bits per heavy atom. The van der Waals surface area contributed by atoms with Gasteiger partial charge in [0.05, 0.1) is 6.54 Å². The summed E-state index contributed by atoms with van der Waals surface area (Å²) in [6.07, 6.45) is 1.31. The zero-order valence-corrected chi connectivity index (χ0v) is 13.5. The third-order valence-electron chi connectivity index (χ3n) is 4.04. The van der Waals surface area contributed by atoms with Gasteiger partial charge < -0.3 is 5.32 Å². The van der Waals surface area contributed by atoms with Crippen molar-refractivity contribution in [2.45, 2.75) is 17.1 Å². The number of nitrogens with one attached hydrogen (secondary N) is 1. The van der Waals surface area contributed by atoms with Gasteiger partial charge in [-0.25, -0.2) is 13.2 Å². The summed E-state index contributed by atoms with van der Waals surface area (Å²) >= 11 is 1.22. The number of thiophene rings is 1. The van der Waals surface area contributed by atoms with E-state index in [0.29, 0.717) is 36.7 Å². The molecule has 0 saturated carbocycles. The molecule has 7 nitrogen and oxygen atoms in total. The van der Waals surface area contributed by atoms with Gasteiger partial charge in [0, 0.05) is 19.6 Å². The molecule has 3 rings (SSSR count). The molecule has 0 aliphatic carbocycles. The van der Waals surface area contributed by atoms with E-state index in [1.807, 2.05) is 0 Å². The van der Waals surface area contributed by atoms with Crippen molar-refractivity contribution in [2.24, 2.45) is 5.92 Å². The third-order valence-corrected chi connectivity index (χ3v) is 7.31. The van der Waals surface area contributed by atoms with Crippen molar-refractivity contribution in [3.8, 4) is 0 Å². The molecule has 9 heteroatoms. The zero-order valence-electron chi connectivity index (χ0n) is 11.9. The molecule has 0 spiro atoms. The average molecular weight is 343 g/mol. The zero-order chi connectivity index (χ0) is 15.7. The minimum absolute atomic E-state index is 0.0600. The molecule has 0 atom stereocenters. The highest BCUT2D eigenvalue weighted by Gasteiger charge is 2.34. The summed E-state index contributed by atoms with van der Waals surface area (Å²) in [5, 5.41) is 4.24. The summed E-state index contributed by atoms with van der Waals surface area (Å²) in [5.74, 6) is -0.0544. The third kappa shape index (κ3) is 2.88. The Balaban J connectivity index is 1.59. The Labute approximate surface area is 132 Å². The van der Waals surface area contributed by atoms with Crippen LogP contribution < -0.4 is 5.32 Å². The second-order valence-corrected chi connectivity index (χ2v) is 8.56. The molecule has 0 radical (unpaired) electrons. The van der Waals surface area contributed by atoms with Crippen LogP contribution in [0.5, 0.6) is 0 Å². The smallest absolute Gasteiger partial charge is 0.324 e. The lowest BCUT2D eigenvalue weighted by atomic mass is 9.97. The first kappa shape index (κ1) is 15.4. The maximum absolute atomic E-state index is 12.4. The highest BCUT2D eigenvalue weighted by molar-refractivity contribution is 7.91. The van der Waals surface area contributed by atoms with E-state index in [1.165, 1.54) is 20.5 Å². The van der Waals surface area contributed by atoms with E-state index in [2.05, 4.69) is 5.32 Å². The Morgan fingerprint density at radius 1 is 1.27 bits per heavy atom. The Hall–Kier alpha value is -1.45. The van der Waals surface area contributed by atoms with Crippen molar-refractivity contribution in [3.63, 3.8) is 0 Å². The lowest BCUT2D eigenvalue weighted by Gasteiger charge is -2.32. The molecule has 1 N–H and O–H groups in total. The fraction of sp³-hybridized carbons (Fsp3) is 0.538. The highest BCUT2D eigenvalue weighted by Crippen LogP contribution is 2.26. The molecule has 2 saturated heterocycles. The SMILES string of the molecule is O=C1CNC(=O)N1CC1CCN(S(=O)(=O)c2cccs2)CC1. The fourth-order valence-corrected chi connectivity index (χ4v) is 5.38. The molecule has 2 aliphatic rings. The molecule has 2 fully saturated rings. The van der Waals surface area contributed by atoms with Gasteiger partial charge in [0.2, 0.25) is 5.91 Å². The van der Waals surface area contributed by atoms with Crippen molar-refractivity contribution in [3.05, 3.63) is 17.5 Å². The van der Waals surface area contributed by atoms with Gasteiger partial charge in [0.25, 0.3) is 10.0 Å². The molecule has 0 bridgehead atoms. The van der Waals surface area contributed by atoms with E-state index in [4.69, 9.17) is 0 Å². The van der Waals surface area contributed by atoms with Crippen LogP contribution in [0.25, 0.3) is 0 Å². The van der Waals surface area contributed by atoms with E-state index < -0.39 is 10.0 Å². The standard InChI is InChI=1S/C13H17N3O4S2/c17-11-8-14-13(18)16(11)9-10-3-5-15(6-4-10)22(19,20)12-2-1-7-21-12/h1-2,7,10H,3-6,8-9H2,(H,14,18). The molecular weight excluding hydrogens is 326 g/mol. The second kappa shape index (κ2) is 5.98. The van der Waals surface area contributed by atoms with E-state index in [1.54, 1.807) is 17.5 Å². The predicted octanol–water partition coefficient (Wildman–Crippen LogP) is 0.701. The molecular formula is C13H17N3O4S2. The lowest BCUT2D eigenvalue weighted by molar-refractivity contribution is -0.125. The molecule has 0 unspecified atom stereocenters. The molecule has 120 valence electrons. The minimum atomic E-state index is -3.40. The van der Waals surface area contributed by atoms with Gasteiger partial charge >= 0.3 is 6.03 Å². The monoisotopic (exact) mass is 343 g/mol. The summed E-state index contributed by atoms with van der Waals surface area (Å²) in [7, 11) is -3.40. The van der Waals surface area contributed by atoms with Crippen LogP contribution in [0.2, 0.25) is 0 Å². The second-order valence-electron chi connectivity index (χ2n) is 5.44. The normalized spacial score (nSPS) is 21.4. The van der Waals surface area contributed by atoms with Crippen molar-refractivity contribution >= 4 is 33.3 Å². The van der Waals surface area contributed by atoms with Crippen LogP contribution in [0.4, 0.5) is 4.79 Å². The topological polar surface area (TPSA) is 86.8 Å². The molecule has 0 aromatic carbocycles. The van der Waals surface area contributed by atoms with Crippen LogP contribution >= 0.6 is 11.3 Å². The van der Waals surface area contributed by atoms with Crippen LogP contribution in [0, 0.1) is 5.92 Å². The van der Waals surface area contributed by atoms with Crippen LogP contribution in [0.3, 0.4) is 0 Å². The Kier molecular flexibility index (Phi) is 4.20. The summed E-state index contributed by atoms with van der Waals surface area (Å²) in [6, 6.07) is 2.99. The van der Waals surface area contributed by atoms with Crippen molar-refractivity contribution in [1.29, 1.82) is 0 Å². The van der Waals surface area contributed by atoms with E-state index in [-0.39, 0.29) is 24.4 Å². The number of carbonyl (C=O) groups excluding carboxylic acids is 2. The van der Waals surface area contributed by atoms with Crippen molar-refractivity contribution in [1.82, 2.24) is 14.5 Å². The van der Waals surface area contributed by atoms with Gasteiger partial charge in [0.15, 0.2) is 0 Å². The molecule has 2 aliphatic heterocycles. The predicted molar refractivity (Wildman–Crippen MR) is 80.9 cm³/mol. The first-order valence-corrected chi connectivity index (χ1v) is 9.42. The number of nitrogens with zero attached hydrogens (tertiary/aromatic N) is 2. The van der Waals surface area contributed by atoms with Gasteiger partial charge in [-0.1, -0.05) is 6.07 Å². The molecule has 1 aromatic rings. The first-order chi connectivity index (χ1) is 10.5. The number of sulfonamides is 1. The quantitative estimate of drug-likeness (QED) is 0.816.